The highest BCUT2D eigenvalue weighted by atomic mass is 16.6. The summed E-state index contributed by atoms with van der Waals surface area (Å²) in [5, 5.41) is 25.2. The maximum absolute atomic E-state index is 12.6. The number of ether oxygens (including phenoxy) is 1. The van der Waals surface area contributed by atoms with E-state index in [1.54, 1.807) is 20.8 Å². The molecule has 0 heterocycles. The molecule has 0 aromatic heterocycles. The second kappa shape index (κ2) is 15.0. The predicted molar refractivity (Wildman–Crippen MR) is 137 cm³/mol. The van der Waals surface area contributed by atoms with E-state index in [1.807, 2.05) is 0 Å². The maximum Gasteiger partial charge on any atom is 0.407 e. The Morgan fingerprint density at radius 1 is 1.03 bits per heavy atom. The molecule has 0 aliphatic carbocycles. The standard InChI is InChI=1S/C23H34N8O7/c1-13(28-18(33)11-27-31-24)19(34)29-14(2)20(35)30-16-7-6-15(12-32)17(10-16)21(36)25-8-9-26-22(37)38-23(3,4)5/h6-7,10,13-14,32H,8-9,11-12H2,1-5H3,(H,25,36)(H,26,37)(H,28,33)(H,29,34)(H,30,35)/t13-,14-/m0/s1. The Kier molecular flexibility index (Phi) is 12.5. The van der Waals surface area contributed by atoms with Gasteiger partial charge < -0.3 is 36.4 Å². The second-order valence-electron chi connectivity index (χ2n) is 9.11. The monoisotopic (exact) mass is 534 g/mol. The van der Waals surface area contributed by atoms with Gasteiger partial charge in [0.25, 0.3) is 5.91 Å². The fourth-order valence-corrected chi connectivity index (χ4v) is 2.86. The number of hydrogen-bond donors (Lipinski definition) is 6. The smallest absolute Gasteiger partial charge is 0.407 e. The molecule has 38 heavy (non-hydrogen) atoms. The Morgan fingerprint density at radius 3 is 2.26 bits per heavy atom. The fourth-order valence-electron chi connectivity index (χ4n) is 2.86. The van der Waals surface area contributed by atoms with Crippen molar-refractivity contribution in [3.63, 3.8) is 0 Å². The lowest BCUT2D eigenvalue weighted by molar-refractivity contribution is -0.130. The average Bonchev–Trinajstić information content (AvgIpc) is 2.83. The van der Waals surface area contributed by atoms with Gasteiger partial charge in [-0.15, -0.1) is 0 Å². The fraction of sp³-hybridized carbons (Fsp3) is 0.522. The van der Waals surface area contributed by atoms with Gasteiger partial charge in [0.1, 0.15) is 24.2 Å². The first-order valence-electron chi connectivity index (χ1n) is 11.7. The van der Waals surface area contributed by atoms with Crippen LogP contribution in [0.2, 0.25) is 0 Å². The molecule has 1 aromatic rings. The molecule has 0 fully saturated rings. The van der Waals surface area contributed by atoms with Crippen LogP contribution >= 0.6 is 0 Å². The lowest BCUT2D eigenvalue weighted by Gasteiger charge is -2.19. The number of hydrogen-bond acceptors (Lipinski definition) is 8. The number of carbonyl (C=O) groups excluding carboxylic acids is 5. The van der Waals surface area contributed by atoms with Crippen molar-refractivity contribution >= 4 is 35.4 Å². The highest BCUT2D eigenvalue weighted by Gasteiger charge is 2.22. The minimum absolute atomic E-state index is 0.0835. The zero-order valence-electron chi connectivity index (χ0n) is 22.0. The Bertz CT molecular complexity index is 1080. The van der Waals surface area contributed by atoms with Crippen LogP contribution in [0.25, 0.3) is 10.4 Å². The third-order valence-corrected chi connectivity index (χ3v) is 4.67. The highest BCUT2D eigenvalue weighted by Crippen LogP contribution is 2.17. The van der Waals surface area contributed by atoms with E-state index in [2.05, 4.69) is 36.6 Å². The molecule has 0 saturated heterocycles. The largest absolute Gasteiger partial charge is 0.444 e. The molecule has 15 nitrogen and oxygen atoms in total. The van der Waals surface area contributed by atoms with Crippen LogP contribution in [0.15, 0.2) is 23.3 Å². The van der Waals surface area contributed by atoms with E-state index in [4.69, 9.17) is 10.3 Å². The molecule has 0 unspecified atom stereocenters. The van der Waals surface area contributed by atoms with Crippen LogP contribution in [0.3, 0.4) is 0 Å². The van der Waals surface area contributed by atoms with Crippen LogP contribution in [0, 0.1) is 0 Å². The first kappa shape index (κ1) is 31.7. The van der Waals surface area contributed by atoms with Gasteiger partial charge in [-0.1, -0.05) is 11.2 Å². The molecule has 0 saturated carbocycles. The number of aliphatic hydroxyl groups excluding tert-OH is 1. The van der Waals surface area contributed by atoms with Gasteiger partial charge in [-0.3, -0.25) is 19.2 Å². The van der Waals surface area contributed by atoms with Gasteiger partial charge in [-0.2, -0.15) is 0 Å². The summed E-state index contributed by atoms with van der Waals surface area (Å²) in [4.78, 5) is 63.2. The number of benzene rings is 1. The molecule has 208 valence electrons. The van der Waals surface area contributed by atoms with Crippen molar-refractivity contribution in [2.45, 2.75) is 58.9 Å². The van der Waals surface area contributed by atoms with Gasteiger partial charge in [0.15, 0.2) is 0 Å². The van der Waals surface area contributed by atoms with E-state index in [1.165, 1.54) is 32.0 Å². The van der Waals surface area contributed by atoms with Crippen molar-refractivity contribution in [2.75, 3.05) is 25.0 Å². The third kappa shape index (κ3) is 11.6. The van der Waals surface area contributed by atoms with Crippen molar-refractivity contribution < 1.29 is 33.8 Å². The maximum atomic E-state index is 12.6. The Morgan fingerprint density at radius 2 is 1.66 bits per heavy atom. The summed E-state index contributed by atoms with van der Waals surface area (Å²) < 4.78 is 5.11. The van der Waals surface area contributed by atoms with Gasteiger partial charge in [0.05, 0.1) is 6.61 Å². The van der Waals surface area contributed by atoms with Crippen LogP contribution in [0.5, 0.6) is 0 Å². The van der Waals surface area contributed by atoms with Crippen molar-refractivity contribution in [3.8, 4) is 0 Å². The third-order valence-electron chi connectivity index (χ3n) is 4.67. The number of carbonyl (C=O) groups is 5. The molecule has 0 aliphatic heterocycles. The first-order chi connectivity index (χ1) is 17.8. The molecule has 6 N–H and O–H groups in total. The summed E-state index contributed by atoms with van der Waals surface area (Å²) >= 11 is 0. The summed E-state index contributed by atoms with van der Waals surface area (Å²) in [7, 11) is 0. The number of anilines is 1. The SMILES string of the molecule is C[C@H](NC(=O)CN=[N+]=[N-])C(=O)N[C@@H](C)C(=O)Nc1ccc(CO)c(C(=O)NCCNC(=O)OC(C)(C)C)c1. The molecule has 1 aromatic carbocycles. The molecular formula is C23H34N8O7. The molecule has 0 spiro atoms. The predicted octanol–water partition coefficient (Wildman–Crippen LogP) is 0.692. The summed E-state index contributed by atoms with van der Waals surface area (Å²) in [6.45, 7) is 7.29. The molecule has 1 rings (SSSR count). The number of alkyl carbamates (subject to hydrolysis) is 1. The summed E-state index contributed by atoms with van der Waals surface area (Å²) in [6, 6.07) is 2.32. The zero-order valence-corrected chi connectivity index (χ0v) is 22.0. The highest BCUT2D eigenvalue weighted by molar-refractivity contribution is 6.00. The summed E-state index contributed by atoms with van der Waals surface area (Å²) in [5.74, 6) is -2.44. The normalized spacial score (nSPS) is 12.2. The summed E-state index contributed by atoms with van der Waals surface area (Å²) in [6.07, 6.45) is -0.626. The van der Waals surface area contributed by atoms with Crippen molar-refractivity contribution in [2.24, 2.45) is 5.11 Å². The molecule has 2 atom stereocenters. The average molecular weight is 535 g/mol. The van der Waals surface area contributed by atoms with E-state index in [0.717, 1.165) is 0 Å². The van der Waals surface area contributed by atoms with Crippen molar-refractivity contribution in [1.29, 1.82) is 0 Å². The lowest BCUT2D eigenvalue weighted by Crippen LogP contribution is -2.50. The van der Waals surface area contributed by atoms with Gasteiger partial charge in [0.2, 0.25) is 17.7 Å². The quantitative estimate of drug-likeness (QED) is 0.0972. The van der Waals surface area contributed by atoms with Crippen molar-refractivity contribution in [3.05, 3.63) is 39.8 Å². The van der Waals surface area contributed by atoms with Crippen LogP contribution < -0.4 is 26.6 Å². The van der Waals surface area contributed by atoms with Crippen LogP contribution in [-0.4, -0.2) is 72.1 Å². The topological polar surface area (TPSA) is 224 Å². The van der Waals surface area contributed by atoms with Gasteiger partial charge >= 0.3 is 6.09 Å². The van der Waals surface area contributed by atoms with E-state index in [-0.39, 0.29) is 24.3 Å². The lowest BCUT2D eigenvalue weighted by atomic mass is 10.1. The Labute approximate surface area is 219 Å². The van der Waals surface area contributed by atoms with Crippen molar-refractivity contribution in [1.82, 2.24) is 21.3 Å². The van der Waals surface area contributed by atoms with Gasteiger partial charge in [0, 0.05) is 29.3 Å². The number of nitrogens with one attached hydrogen (secondary N) is 5. The Balaban J connectivity index is 2.70. The van der Waals surface area contributed by atoms with Crippen LogP contribution in [0.4, 0.5) is 10.5 Å². The zero-order chi connectivity index (χ0) is 28.9. The van der Waals surface area contributed by atoms with Gasteiger partial charge in [-0.25, -0.2) is 4.79 Å². The minimum atomic E-state index is -1.01. The molecule has 0 bridgehead atoms. The first-order valence-corrected chi connectivity index (χ1v) is 11.7. The molecule has 0 radical (unpaired) electrons. The van der Waals surface area contributed by atoms with Gasteiger partial charge in [-0.05, 0) is 57.8 Å². The van der Waals surface area contributed by atoms with E-state index in [9.17, 15) is 29.1 Å². The number of nitrogens with zero attached hydrogens (tertiary/aromatic N) is 3. The van der Waals surface area contributed by atoms with E-state index >= 15 is 0 Å². The molecular weight excluding hydrogens is 500 g/mol. The van der Waals surface area contributed by atoms with E-state index < -0.39 is 60.6 Å². The second-order valence-corrected chi connectivity index (χ2v) is 9.11. The summed E-state index contributed by atoms with van der Waals surface area (Å²) in [5.41, 5.74) is 8.24. The molecule has 0 aliphatic rings. The number of amides is 5. The Hall–Kier alpha value is -4.36. The number of aliphatic hydroxyl groups is 1. The van der Waals surface area contributed by atoms with Crippen LogP contribution in [0.1, 0.15) is 50.5 Å². The van der Waals surface area contributed by atoms with E-state index in [0.29, 0.717) is 5.56 Å². The number of azide groups is 1. The van der Waals surface area contributed by atoms with Crippen LogP contribution in [-0.2, 0) is 25.7 Å². The molecule has 5 amide bonds. The molecule has 15 heteroatoms. The number of rotatable bonds is 12. The minimum Gasteiger partial charge on any atom is -0.444 e.